The number of hydrogen-bond acceptors (Lipinski definition) is 6. The molecule has 8 nitrogen and oxygen atoms in total. The molecule has 1 aromatic heterocycles. The number of benzene rings is 1. The molecule has 3 rings (SSSR count). The Hall–Kier alpha value is -2.00. The van der Waals surface area contributed by atoms with E-state index < -0.39 is 5.97 Å². The number of aliphatic carboxylic acids is 1. The molecular formula is C17H22ClN5O3. The average molecular weight is 380 g/mol. The van der Waals surface area contributed by atoms with Crippen molar-refractivity contribution in [1.82, 2.24) is 24.8 Å². The molecule has 26 heavy (non-hydrogen) atoms. The van der Waals surface area contributed by atoms with Crippen molar-refractivity contribution in [2.75, 3.05) is 39.8 Å². The monoisotopic (exact) mass is 379 g/mol. The molecule has 1 saturated heterocycles. The highest BCUT2D eigenvalue weighted by molar-refractivity contribution is 6.30. The van der Waals surface area contributed by atoms with E-state index in [9.17, 15) is 4.79 Å². The van der Waals surface area contributed by atoms with Gasteiger partial charge in [0.2, 0.25) is 0 Å². The van der Waals surface area contributed by atoms with Crippen LogP contribution in [0.1, 0.15) is 5.69 Å². The fraction of sp³-hybridized carbons (Fsp3) is 0.471. The maximum atomic E-state index is 10.8. The Morgan fingerprint density at radius 1 is 1.42 bits per heavy atom. The summed E-state index contributed by atoms with van der Waals surface area (Å²) < 4.78 is 7.48. The highest BCUT2D eigenvalue weighted by Crippen LogP contribution is 2.14. The molecule has 0 saturated carbocycles. The van der Waals surface area contributed by atoms with Gasteiger partial charge in [0.05, 0.1) is 36.8 Å². The van der Waals surface area contributed by atoms with Crippen LogP contribution in [0, 0.1) is 0 Å². The number of likely N-dealkylation sites (N-methyl/N-ethyl adjacent to an activating group) is 1. The predicted octanol–water partition coefficient (Wildman–Crippen LogP) is 1.14. The normalized spacial score (nSPS) is 18.3. The van der Waals surface area contributed by atoms with E-state index in [-0.39, 0.29) is 12.6 Å². The Balaban J connectivity index is 1.55. The van der Waals surface area contributed by atoms with Crippen LogP contribution in [0.4, 0.5) is 0 Å². The minimum Gasteiger partial charge on any atom is -0.480 e. The molecule has 0 bridgehead atoms. The number of carboxylic acid groups (broad SMARTS) is 1. The first-order valence-corrected chi connectivity index (χ1v) is 8.79. The van der Waals surface area contributed by atoms with E-state index >= 15 is 0 Å². The number of carbonyl (C=O) groups is 1. The molecule has 140 valence electrons. The molecule has 0 amide bonds. The van der Waals surface area contributed by atoms with Crippen molar-refractivity contribution in [3.63, 3.8) is 0 Å². The van der Waals surface area contributed by atoms with Crippen LogP contribution in [0.15, 0.2) is 30.5 Å². The summed E-state index contributed by atoms with van der Waals surface area (Å²) in [6.07, 6.45) is 1.89. The van der Waals surface area contributed by atoms with E-state index in [0.717, 1.165) is 24.5 Å². The van der Waals surface area contributed by atoms with Crippen molar-refractivity contribution in [3.8, 4) is 5.69 Å². The summed E-state index contributed by atoms with van der Waals surface area (Å²) in [5.74, 6) is -0.834. The Morgan fingerprint density at radius 2 is 2.19 bits per heavy atom. The number of aromatic nitrogens is 3. The zero-order valence-electron chi connectivity index (χ0n) is 14.6. The largest absolute Gasteiger partial charge is 0.480 e. The van der Waals surface area contributed by atoms with Crippen LogP contribution in [0.2, 0.25) is 5.02 Å². The second-order valence-corrected chi connectivity index (χ2v) is 6.89. The van der Waals surface area contributed by atoms with E-state index in [1.165, 1.54) is 0 Å². The Labute approximate surface area is 156 Å². The number of hydrogen-bond donors (Lipinski definition) is 1. The van der Waals surface area contributed by atoms with Crippen molar-refractivity contribution >= 4 is 17.6 Å². The molecule has 1 unspecified atom stereocenters. The van der Waals surface area contributed by atoms with E-state index in [1.54, 1.807) is 16.6 Å². The van der Waals surface area contributed by atoms with Gasteiger partial charge in [-0.05, 0) is 31.3 Å². The minimum absolute atomic E-state index is 0.00920. The van der Waals surface area contributed by atoms with Crippen LogP contribution in [0.5, 0.6) is 0 Å². The van der Waals surface area contributed by atoms with Gasteiger partial charge in [0, 0.05) is 31.2 Å². The topological polar surface area (TPSA) is 83.7 Å². The summed E-state index contributed by atoms with van der Waals surface area (Å²) in [5, 5.41) is 18.0. The molecule has 0 radical (unpaired) electrons. The fourth-order valence-corrected chi connectivity index (χ4v) is 3.12. The van der Waals surface area contributed by atoms with Crippen LogP contribution in [0.3, 0.4) is 0 Å². The minimum atomic E-state index is -0.834. The first-order chi connectivity index (χ1) is 12.5. The number of morpholine rings is 1. The lowest BCUT2D eigenvalue weighted by molar-refractivity contribution is -0.138. The first-order valence-electron chi connectivity index (χ1n) is 8.41. The second-order valence-electron chi connectivity index (χ2n) is 6.45. The summed E-state index contributed by atoms with van der Waals surface area (Å²) >= 11 is 5.91. The number of ether oxygens (including phenoxy) is 1. The van der Waals surface area contributed by atoms with Gasteiger partial charge in [-0.25, -0.2) is 4.68 Å². The van der Waals surface area contributed by atoms with Gasteiger partial charge in [0.25, 0.3) is 0 Å². The molecular weight excluding hydrogens is 358 g/mol. The summed E-state index contributed by atoms with van der Waals surface area (Å²) in [7, 11) is 1.79. The summed E-state index contributed by atoms with van der Waals surface area (Å²) in [5.41, 5.74) is 1.78. The lowest BCUT2D eigenvalue weighted by Crippen LogP contribution is -2.47. The standard InChI is InChI=1S/C17H22ClN5O3/c1-21(12-17(24)25)10-16-11-22(6-7-26-16)8-14-9-23(20-19-14)15-4-2-13(18)3-5-15/h2-5,9,16H,6-8,10-12H2,1H3,(H,24,25). The predicted molar refractivity (Wildman–Crippen MR) is 96.5 cm³/mol. The molecule has 9 heteroatoms. The molecule has 1 N–H and O–H groups in total. The van der Waals surface area contributed by atoms with Crippen molar-refractivity contribution < 1.29 is 14.6 Å². The zero-order chi connectivity index (χ0) is 18.5. The molecule has 2 aromatic rings. The van der Waals surface area contributed by atoms with Gasteiger partial charge in [-0.2, -0.15) is 0 Å². The summed E-state index contributed by atoms with van der Waals surface area (Å²) in [6.45, 7) is 3.44. The Morgan fingerprint density at radius 3 is 2.92 bits per heavy atom. The second kappa shape index (κ2) is 8.59. The van der Waals surface area contributed by atoms with E-state index in [2.05, 4.69) is 15.2 Å². The highest BCUT2D eigenvalue weighted by Gasteiger charge is 2.23. The summed E-state index contributed by atoms with van der Waals surface area (Å²) in [4.78, 5) is 14.8. The van der Waals surface area contributed by atoms with E-state index in [0.29, 0.717) is 24.7 Å². The van der Waals surface area contributed by atoms with Crippen molar-refractivity contribution in [3.05, 3.63) is 41.2 Å². The van der Waals surface area contributed by atoms with Gasteiger partial charge >= 0.3 is 5.97 Å². The van der Waals surface area contributed by atoms with Crippen molar-refractivity contribution in [2.45, 2.75) is 12.6 Å². The molecule has 1 aliphatic heterocycles. The SMILES string of the molecule is CN(CC(=O)O)CC1CN(Cc2cn(-c3ccc(Cl)cc3)nn2)CCO1. The maximum Gasteiger partial charge on any atom is 0.317 e. The fourth-order valence-electron chi connectivity index (χ4n) is 3.00. The lowest BCUT2D eigenvalue weighted by atomic mass is 10.2. The zero-order valence-corrected chi connectivity index (χ0v) is 15.3. The van der Waals surface area contributed by atoms with E-state index in [4.69, 9.17) is 21.4 Å². The number of rotatable bonds is 7. The number of nitrogens with zero attached hydrogens (tertiary/aromatic N) is 5. The molecule has 2 heterocycles. The molecule has 0 spiro atoms. The average Bonchev–Trinajstić information content (AvgIpc) is 3.03. The number of carboxylic acids is 1. The van der Waals surface area contributed by atoms with Gasteiger partial charge in [-0.3, -0.25) is 14.6 Å². The third-order valence-corrected chi connectivity index (χ3v) is 4.41. The first kappa shape index (κ1) is 18.8. The number of halogens is 1. The van der Waals surface area contributed by atoms with Crippen LogP contribution < -0.4 is 0 Å². The Bertz CT molecular complexity index is 736. The molecule has 1 aromatic carbocycles. The van der Waals surface area contributed by atoms with Crippen LogP contribution in [-0.2, 0) is 16.1 Å². The summed E-state index contributed by atoms with van der Waals surface area (Å²) in [6, 6.07) is 7.42. The van der Waals surface area contributed by atoms with Crippen molar-refractivity contribution in [1.29, 1.82) is 0 Å². The third kappa shape index (κ3) is 5.25. The lowest BCUT2D eigenvalue weighted by Gasteiger charge is -2.34. The molecule has 1 aliphatic rings. The van der Waals surface area contributed by atoms with Crippen LogP contribution in [0.25, 0.3) is 5.69 Å². The molecule has 1 fully saturated rings. The molecule has 1 atom stereocenters. The van der Waals surface area contributed by atoms with Crippen molar-refractivity contribution in [2.24, 2.45) is 0 Å². The highest BCUT2D eigenvalue weighted by atomic mass is 35.5. The van der Waals surface area contributed by atoms with Crippen LogP contribution in [-0.4, -0.2) is 81.8 Å². The van der Waals surface area contributed by atoms with Gasteiger partial charge < -0.3 is 9.84 Å². The van der Waals surface area contributed by atoms with Gasteiger partial charge in [-0.1, -0.05) is 16.8 Å². The smallest absolute Gasteiger partial charge is 0.317 e. The Kier molecular flexibility index (Phi) is 6.20. The maximum absolute atomic E-state index is 10.8. The third-order valence-electron chi connectivity index (χ3n) is 4.16. The molecule has 0 aliphatic carbocycles. The van der Waals surface area contributed by atoms with Gasteiger partial charge in [0.1, 0.15) is 0 Å². The van der Waals surface area contributed by atoms with Crippen LogP contribution >= 0.6 is 11.6 Å². The van der Waals surface area contributed by atoms with Gasteiger partial charge in [0.15, 0.2) is 0 Å². The quantitative estimate of drug-likeness (QED) is 0.772. The van der Waals surface area contributed by atoms with Gasteiger partial charge in [-0.15, -0.1) is 5.10 Å². The van der Waals surface area contributed by atoms with E-state index in [1.807, 2.05) is 30.5 Å².